The van der Waals surface area contributed by atoms with Gasteiger partial charge in [-0.2, -0.15) is 5.10 Å². The van der Waals surface area contributed by atoms with Crippen molar-refractivity contribution in [1.29, 1.82) is 0 Å². The summed E-state index contributed by atoms with van der Waals surface area (Å²) in [5.74, 6) is 2.74. The van der Waals surface area contributed by atoms with E-state index in [0.29, 0.717) is 13.0 Å². The number of nitrogens with one attached hydrogen (secondary N) is 1. The molecule has 2 aromatic heterocycles. The Balaban J connectivity index is 2.12. The third-order valence-electron chi connectivity index (χ3n) is 4.17. The summed E-state index contributed by atoms with van der Waals surface area (Å²) in [5, 5.41) is 7.97. The largest absolute Gasteiger partial charge is 0.330 e. The molecule has 0 bridgehead atoms. The van der Waals surface area contributed by atoms with Gasteiger partial charge in [-0.3, -0.25) is 5.10 Å². The minimum atomic E-state index is -0.215. The van der Waals surface area contributed by atoms with Crippen molar-refractivity contribution in [3.05, 3.63) is 48.3 Å². The third kappa shape index (κ3) is 2.36. The Bertz CT molecular complexity index is 843. The zero-order chi connectivity index (χ0) is 15.6. The predicted octanol–water partition coefficient (Wildman–Crippen LogP) is 2.86. The molecule has 4 nitrogen and oxygen atoms in total. The summed E-state index contributed by atoms with van der Waals surface area (Å²) in [4.78, 5) is 4.28. The number of fused-ring (bicyclic) bond motifs is 1. The van der Waals surface area contributed by atoms with Crippen LogP contribution in [0.3, 0.4) is 0 Å². The van der Waals surface area contributed by atoms with Crippen molar-refractivity contribution in [1.82, 2.24) is 15.2 Å². The summed E-state index contributed by atoms with van der Waals surface area (Å²) in [6.07, 6.45) is 9.71. The van der Waals surface area contributed by atoms with Crippen LogP contribution in [0.4, 0.5) is 0 Å². The number of benzene rings is 1. The fourth-order valence-corrected chi connectivity index (χ4v) is 2.68. The molecule has 110 valence electrons. The molecule has 0 amide bonds. The van der Waals surface area contributed by atoms with Gasteiger partial charge < -0.3 is 5.73 Å². The topological polar surface area (TPSA) is 67.6 Å². The zero-order valence-electron chi connectivity index (χ0n) is 12.5. The first-order valence-corrected chi connectivity index (χ1v) is 7.20. The van der Waals surface area contributed by atoms with Gasteiger partial charge in [0.2, 0.25) is 0 Å². The fourth-order valence-electron chi connectivity index (χ4n) is 2.68. The van der Waals surface area contributed by atoms with Crippen molar-refractivity contribution in [2.75, 3.05) is 6.54 Å². The lowest BCUT2D eigenvalue weighted by molar-refractivity contribution is 0.498. The Kier molecular flexibility index (Phi) is 3.66. The third-order valence-corrected chi connectivity index (χ3v) is 4.17. The van der Waals surface area contributed by atoms with Crippen LogP contribution in [0.25, 0.3) is 22.2 Å². The van der Waals surface area contributed by atoms with Gasteiger partial charge in [-0.1, -0.05) is 31.2 Å². The van der Waals surface area contributed by atoms with Crippen LogP contribution in [-0.4, -0.2) is 21.7 Å². The Morgan fingerprint density at radius 3 is 3.00 bits per heavy atom. The van der Waals surface area contributed by atoms with Gasteiger partial charge in [0.05, 0.1) is 6.20 Å². The number of aromatic amines is 1. The highest BCUT2D eigenvalue weighted by Crippen LogP contribution is 2.32. The molecule has 22 heavy (non-hydrogen) atoms. The molecule has 0 aliphatic rings. The van der Waals surface area contributed by atoms with E-state index in [1.807, 2.05) is 12.1 Å². The Labute approximate surface area is 129 Å². The molecule has 0 aliphatic heterocycles. The molecule has 3 aromatic rings. The van der Waals surface area contributed by atoms with Gasteiger partial charge >= 0.3 is 0 Å². The van der Waals surface area contributed by atoms with Crippen LogP contribution in [0.2, 0.25) is 0 Å². The van der Waals surface area contributed by atoms with Crippen molar-refractivity contribution < 1.29 is 0 Å². The first kappa shape index (κ1) is 14.3. The van der Waals surface area contributed by atoms with Crippen molar-refractivity contribution in [3.63, 3.8) is 0 Å². The second-order valence-corrected chi connectivity index (χ2v) is 5.72. The molecule has 1 aromatic carbocycles. The molecule has 3 N–H and O–H groups in total. The fraction of sp³-hybridized carbons (Fsp3) is 0.222. The van der Waals surface area contributed by atoms with Crippen LogP contribution in [0.15, 0.2) is 42.7 Å². The Morgan fingerprint density at radius 1 is 1.36 bits per heavy atom. The lowest BCUT2D eigenvalue weighted by Gasteiger charge is -2.27. The van der Waals surface area contributed by atoms with Crippen molar-refractivity contribution in [2.45, 2.75) is 18.8 Å². The number of nitrogens with two attached hydrogens (primary N) is 1. The first-order chi connectivity index (χ1) is 10.7. The van der Waals surface area contributed by atoms with E-state index in [2.05, 4.69) is 46.2 Å². The number of hydrogen-bond donors (Lipinski definition) is 2. The lowest BCUT2D eigenvalue weighted by Crippen LogP contribution is -2.31. The summed E-state index contributed by atoms with van der Waals surface area (Å²) in [6.45, 7) is 2.62. The number of pyridine rings is 1. The van der Waals surface area contributed by atoms with Gasteiger partial charge in [0, 0.05) is 30.0 Å². The van der Waals surface area contributed by atoms with Crippen molar-refractivity contribution >= 4 is 11.0 Å². The van der Waals surface area contributed by atoms with E-state index >= 15 is 0 Å². The minimum absolute atomic E-state index is 0.215. The van der Waals surface area contributed by atoms with Crippen molar-refractivity contribution in [3.8, 4) is 23.5 Å². The van der Waals surface area contributed by atoms with E-state index in [1.165, 1.54) is 0 Å². The van der Waals surface area contributed by atoms with Crippen LogP contribution >= 0.6 is 0 Å². The lowest BCUT2D eigenvalue weighted by atomic mass is 9.79. The van der Waals surface area contributed by atoms with E-state index in [-0.39, 0.29) is 5.41 Å². The maximum Gasteiger partial charge on any atom is 0.155 e. The number of rotatable bonds is 4. The molecule has 1 unspecified atom stereocenters. The summed E-state index contributed by atoms with van der Waals surface area (Å²) < 4.78 is 0. The molecule has 4 heteroatoms. The van der Waals surface area contributed by atoms with Gasteiger partial charge in [-0.05, 0) is 22.8 Å². The summed E-state index contributed by atoms with van der Waals surface area (Å²) in [6, 6.07) is 10.4. The normalized spacial score (nSPS) is 13.7. The highest BCUT2D eigenvalue weighted by molar-refractivity contribution is 5.92. The number of H-pyrrole nitrogens is 1. The molecular weight excluding hydrogens is 272 g/mol. The van der Waals surface area contributed by atoms with E-state index in [1.54, 1.807) is 12.4 Å². The highest BCUT2D eigenvalue weighted by Gasteiger charge is 2.24. The van der Waals surface area contributed by atoms with E-state index < -0.39 is 0 Å². The summed E-state index contributed by atoms with van der Waals surface area (Å²) in [7, 11) is 0. The van der Waals surface area contributed by atoms with Crippen molar-refractivity contribution in [2.24, 2.45) is 5.73 Å². The molecule has 0 fully saturated rings. The quantitative estimate of drug-likeness (QED) is 0.726. The van der Waals surface area contributed by atoms with Gasteiger partial charge in [-0.25, -0.2) is 4.98 Å². The number of terminal acetylenes is 1. The maximum atomic E-state index is 5.97. The maximum absolute atomic E-state index is 5.97. The number of aromatic nitrogens is 3. The number of hydrogen-bond acceptors (Lipinski definition) is 3. The van der Waals surface area contributed by atoms with Gasteiger partial charge in [0.25, 0.3) is 0 Å². The Hall–Kier alpha value is -2.64. The van der Waals surface area contributed by atoms with Crippen LogP contribution in [0.5, 0.6) is 0 Å². The Morgan fingerprint density at radius 2 is 2.23 bits per heavy atom. The second-order valence-electron chi connectivity index (χ2n) is 5.72. The average Bonchev–Trinajstić information content (AvgIpc) is 3.03. The van der Waals surface area contributed by atoms with Gasteiger partial charge in [0.1, 0.15) is 0 Å². The molecule has 0 aliphatic carbocycles. The monoisotopic (exact) mass is 290 g/mol. The molecule has 2 heterocycles. The standard InChI is InChI=1S/C18H18N4/c1-3-8-18(2,12-19)14-6-4-5-13(10-14)15-7-9-20-17-16(15)11-21-22-17/h1,4-7,9-11H,8,12,19H2,2H3,(H,20,21,22). The van der Waals surface area contributed by atoms with E-state index in [4.69, 9.17) is 12.2 Å². The summed E-state index contributed by atoms with van der Waals surface area (Å²) >= 11 is 0. The molecule has 1 atom stereocenters. The average molecular weight is 290 g/mol. The minimum Gasteiger partial charge on any atom is -0.330 e. The van der Waals surface area contributed by atoms with E-state index in [9.17, 15) is 0 Å². The molecule has 0 saturated heterocycles. The molecule has 3 rings (SSSR count). The van der Waals surface area contributed by atoms with Crippen LogP contribution in [-0.2, 0) is 5.41 Å². The smallest absolute Gasteiger partial charge is 0.155 e. The molecular formula is C18H18N4. The molecule has 0 saturated carbocycles. The highest BCUT2D eigenvalue weighted by atomic mass is 15.1. The molecule has 0 spiro atoms. The van der Waals surface area contributed by atoms with E-state index in [0.717, 1.165) is 27.7 Å². The SMILES string of the molecule is C#CCC(C)(CN)c1cccc(-c2ccnc3[nH]ncc23)c1. The van der Waals surface area contributed by atoms with Crippen LogP contribution in [0, 0.1) is 12.3 Å². The van der Waals surface area contributed by atoms with Crippen LogP contribution in [0.1, 0.15) is 18.9 Å². The second kappa shape index (κ2) is 5.63. The first-order valence-electron chi connectivity index (χ1n) is 7.20. The molecule has 0 radical (unpaired) electrons. The number of nitrogens with zero attached hydrogens (tertiary/aromatic N) is 2. The van der Waals surface area contributed by atoms with Crippen LogP contribution < -0.4 is 5.73 Å². The van der Waals surface area contributed by atoms with Gasteiger partial charge in [0.15, 0.2) is 5.65 Å². The van der Waals surface area contributed by atoms with Gasteiger partial charge in [-0.15, -0.1) is 12.3 Å². The predicted molar refractivity (Wildman–Crippen MR) is 89.2 cm³/mol. The summed E-state index contributed by atoms with van der Waals surface area (Å²) in [5.41, 5.74) is 9.90. The zero-order valence-corrected chi connectivity index (χ0v) is 12.5.